The van der Waals surface area contributed by atoms with Crippen LogP contribution in [0.25, 0.3) is 0 Å². The monoisotopic (exact) mass is 451 g/mol. The number of nitrogens with zero attached hydrogens (tertiary/aromatic N) is 1. The van der Waals surface area contributed by atoms with Crippen LogP contribution in [0.2, 0.25) is 5.02 Å². The van der Waals surface area contributed by atoms with Gasteiger partial charge in [-0.1, -0.05) is 23.7 Å². The summed E-state index contributed by atoms with van der Waals surface area (Å²) in [7, 11) is 0. The Balaban J connectivity index is 1.44. The van der Waals surface area contributed by atoms with E-state index in [2.05, 4.69) is 15.8 Å². The normalized spacial score (nSPS) is 10.6. The molecular formula is C24H22ClN3O4. The smallest absolute Gasteiger partial charge is 0.329 e. The molecule has 0 spiro atoms. The Morgan fingerprint density at radius 3 is 2.16 bits per heavy atom. The molecule has 2 amide bonds. The lowest BCUT2D eigenvalue weighted by molar-refractivity contribution is -0.136. The summed E-state index contributed by atoms with van der Waals surface area (Å²) in [4.78, 5) is 23.9. The van der Waals surface area contributed by atoms with Crippen LogP contribution in [0.3, 0.4) is 0 Å². The molecule has 0 aliphatic heterocycles. The van der Waals surface area contributed by atoms with Crippen LogP contribution in [-0.4, -0.2) is 24.6 Å². The number of hydrazone groups is 1. The van der Waals surface area contributed by atoms with E-state index in [1.807, 2.05) is 31.2 Å². The van der Waals surface area contributed by atoms with Crippen molar-refractivity contribution < 1.29 is 19.1 Å². The predicted octanol–water partition coefficient (Wildman–Crippen LogP) is 4.41. The minimum atomic E-state index is -0.877. The van der Waals surface area contributed by atoms with E-state index in [-0.39, 0.29) is 0 Å². The van der Waals surface area contributed by atoms with E-state index in [9.17, 15) is 9.59 Å². The number of anilines is 1. The van der Waals surface area contributed by atoms with Crippen molar-refractivity contribution in [1.29, 1.82) is 0 Å². The molecule has 0 saturated heterocycles. The first-order chi connectivity index (χ1) is 15.5. The van der Waals surface area contributed by atoms with Crippen LogP contribution in [0.15, 0.2) is 77.9 Å². The van der Waals surface area contributed by atoms with E-state index >= 15 is 0 Å². The molecule has 0 aromatic heterocycles. The third-order valence-electron chi connectivity index (χ3n) is 4.21. The molecule has 0 fully saturated rings. The van der Waals surface area contributed by atoms with Gasteiger partial charge in [-0.3, -0.25) is 9.59 Å². The number of carbonyl (C=O) groups is 2. The van der Waals surface area contributed by atoms with E-state index in [4.69, 9.17) is 21.1 Å². The van der Waals surface area contributed by atoms with Crippen molar-refractivity contribution in [1.82, 2.24) is 5.43 Å². The summed E-state index contributed by atoms with van der Waals surface area (Å²) in [5.74, 6) is -0.327. The number of nitrogens with one attached hydrogen (secondary N) is 2. The molecule has 164 valence electrons. The van der Waals surface area contributed by atoms with Crippen molar-refractivity contribution in [2.75, 3.05) is 11.9 Å². The summed E-state index contributed by atoms with van der Waals surface area (Å²) in [6.07, 6.45) is 1.44. The largest absolute Gasteiger partial charge is 0.494 e. The van der Waals surface area contributed by atoms with Gasteiger partial charge in [0.2, 0.25) is 0 Å². The van der Waals surface area contributed by atoms with Gasteiger partial charge in [-0.05, 0) is 78.7 Å². The van der Waals surface area contributed by atoms with Gasteiger partial charge in [-0.25, -0.2) is 5.43 Å². The first-order valence-corrected chi connectivity index (χ1v) is 10.3. The Hall–Kier alpha value is -3.84. The van der Waals surface area contributed by atoms with Gasteiger partial charge in [0.1, 0.15) is 18.1 Å². The molecule has 0 aliphatic carbocycles. The van der Waals surface area contributed by atoms with Crippen molar-refractivity contribution in [3.8, 4) is 11.5 Å². The second-order valence-electron chi connectivity index (χ2n) is 6.59. The van der Waals surface area contributed by atoms with Crippen molar-refractivity contribution in [2.45, 2.75) is 13.5 Å². The molecule has 7 nitrogen and oxygen atoms in total. The third-order valence-corrected chi connectivity index (χ3v) is 4.46. The number of hydrogen-bond acceptors (Lipinski definition) is 5. The topological polar surface area (TPSA) is 89.0 Å². The van der Waals surface area contributed by atoms with Crippen molar-refractivity contribution >= 4 is 35.3 Å². The van der Waals surface area contributed by atoms with E-state index < -0.39 is 11.8 Å². The summed E-state index contributed by atoms with van der Waals surface area (Å²) in [6, 6.07) is 21.3. The number of amides is 2. The highest BCUT2D eigenvalue weighted by Crippen LogP contribution is 2.16. The zero-order valence-corrected chi connectivity index (χ0v) is 18.1. The molecular weight excluding hydrogens is 430 g/mol. The van der Waals surface area contributed by atoms with Gasteiger partial charge in [0.25, 0.3) is 0 Å². The van der Waals surface area contributed by atoms with E-state index in [1.165, 1.54) is 6.21 Å². The average Bonchev–Trinajstić information content (AvgIpc) is 2.81. The molecule has 3 aromatic rings. The van der Waals surface area contributed by atoms with Crippen LogP contribution in [0.1, 0.15) is 18.1 Å². The fraction of sp³-hybridized carbons (Fsp3) is 0.125. The number of ether oxygens (including phenoxy) is 2. The maximum Gasteiger partial charge on any atom is 0.329 e. The molecule has 0 atom stereocenters. The number of rotatable bonds is 8. The maximum absolute atomic E-state index is 12.0. The van der Waals surface area contributed by atoms with Crippen LogP contribution in [0.5, 0.6) is 11.5 Å². The summed E-state index contributed by atoms with van der Waals surface area (Å²) in [5, 5.41) is 6.99. The molecule has 0 bridgehead atoms. The quantitative estimate of drug-likeness (QED) is 0.301. The predicted molar refractivity (Wildman–Crippen MR) is 124 cm³/mol. The van der Waals surface area contributed by atoms with Gasteiger partial charge in [0.15, 0.2) is 0 Å². The standard InChI is InChI=1S/C24H22ClN3O4/c1-2-31-21-13-9-20(10-14-21)27-23(29)24(30)28-26-15-17-5-11-22(12-6-17)32-16-18-3-7-19(25)8-4-18/h3-15H,2,16H2,1H3,(H,27,29)(H,28,30). The van der Waals surface area contributed by atoms with Gasteiger partial charge < -0.3 is 14.8 Å². The van der Waals surface area contributed by atoms with Gasteiger partial charge in [0, 0.05) is 10.7 Å². The van der Waals surface area contributed by atoms with E-state index in [0.717, 1.165) is 11.1 Å². The summed E-state index contributed by atoms with van der Waals surface area (Å²) in [6.45, 7) is 2.85. The first kappa shape index (κ1) is 22.8. The Bertz CT molecular complexity index is 1070. The molecule has 0 heterocycles. The molecule has 32 heavy (non-hydrogen) atoms. The SMILES string of the molecule is CCOc1ccc(NC(=O)C(=O)NN=Cc2ccc(OCc3ccc(Cl)cc3)cc2)cc1. The molecule has 0 saturated carbocycles. The lowest BCUT2D eigenvalue weighted by Gasteiger charge is -2.07. The molecule has 8 heteroatoms. The maximum atomic E-state index is 12.0. The lowest BCUT2D eigenvalue weighted by atomic mass is 10.2. The number of halogens is 1. The number of carbonyl (C=O) groups excluding carboxylic acids is 2. The summed E-state index contributed by atoms with van der Waals surface area (Å²) in [5.41, 5.74) is 4.42. The lowest BCUT2D eigenvalue weighted by Crippen LogP contribution is -2.32. The molecule has 3 rings (SSSR count). The molecule has 0 radical (unpaired) electrons. The average molecular weight is 452 g/mol. The van der Waals surface area contributed by atoms with Crippen LogP contribution in [0, 0.1) is 0 Å². The molecule has 0 aliphatic rings. The van der Waals surface area contributed by atoms with Crippen molar-refractivity contribution in [3.05, 3.63) is 88.9 Å². The summed E-state index contributed by atoms with van der Waals surface area (Å²) < 4.78 is 11.1. The highest BCUT2D eigenvalue weighted by Gasteiger charge is 2.12. The highest BCUT2D eigenvalue weighted by atomic mass is 35.5. The van der Waals surface area contributed by atoms with Gasteiger partial charge in [-0.2, -0.15) is 5.10 Å². The second kappa shape index (κ2) is 11.5. The summed E-state index contributed by atoms with van der Waals surface area (Å²) >= 11 is 5.87. The molecule has 0 unspecified atom stereocenters. The minimum absolute atomic E-state index is 0.421. The Morgan fingerprint density at radius 2 is 1.50 bits per heavy atom. The third kappa shape index (κ3) is 7.14. The Kier molecular flexibility index (Phi) is 8.22. The van der Waals surface area contributed by atoms with Crippen LogP contribution in [0.4, 0.5) is 5.69 Å². The number of benzene rings is 3. The first-order valence-electron chi connectivity index (χ1n) is 9.88. The fourth-order valence-electron chi connectivity index (χ4n) is 2.60. The van der Waals surface area contributed by atoms with Crippen LogP contribution in [-0.2, 0) is 16.2 Å². The highest BCUT2D eigenvalue weighted by molar-refractivity contribution is 6.39. The van der Waals surface area contributed by atoms with Gasteiger partial charge in [0.05, 0.1) is 12.8 Å². The van der Waals surface area contributed by atoms with Gasteiger partial charge in [-0.15, -0.1) is 0 Å². The van der Waals surface area contributed by atoms with Crippen molar-refractivity contribution in [3.63, 3.8) is 0 Å². The molecule has 3 aromatic carbocycles. The number of hydrogen-bond donors (Lipinski definition) is 2. The Morgan fingerprint density at radius 1 is 0.875 bits per heavy atom. The minimum Gasteiger partial charge on any atom is -0.494 e. The van der Waals surface area contributed by atoms with Crippen LogP contribution >= 0.6 is 11.6 Å². The zero-order valence-electron chi connectivity index (χ0n) is 17.4. The van der Waals surface area contributed by atoms with E-state index in [0.29, 0.717) is 35.4 Å². The van der Waals surface area contributed by atoms with Crippen molar-refractivity contribution in [2.24, 2.45) is 5.10 Å². The second-order valence-corrected chi connectivity index (χ2v) is 7.03. The molecule has 2 N–H and O–H groups in total. The Labute approximate surface area is 191 Å². The zero-order chi connectivity index (χ0) is 22.8. The van der Waals surface area contributed by atoms with E-state index in [1.54, 1.807) is 48.5 Å². The van der Waals surface area contributed by atoms with Crippen LogP contribution < -0.4 is 20.2 Å². The van der Waals surface area contributed by atoms with Gasteiger partial charge >= 0.3 is 11.8 Å². The fourth-order valence-corrected chi connectivity index (χ4v) is 2.73.